The Bertz CT molecular complexity index is 647. The molecule has 1 aromatic carbocycles. The molecular weight excluding hydrogens is 316 g/mol. The molecule has 1 heterocycles. The van der Waals surface area contributed by atoms with E-state index in [0.717, 1.165) is 13.0 Å². The van der Waals surface area contributed by atoms with Gasteiger partial charge in [0, 0.05) is 12.6 Å². The van der Waals surface area contributed by atoms with E-state index in [0.29, 0.717) is 12.2 Å². The van der Waals surface area contributed by atoms with E-state index >= 15 is 0 Å². The van der Waals surface area contributed by atoms with Crippen LogP contribution < -0.4 is 15.0 Å². The van der Waals surface area contributed by atoms with Gasteiger partial charge in [0.15, 0.2) is 5.75 Å². The van der Waals surface area contributed by atoms with Crippen LogP contribution in [0.25, 0.3) is 0 Å². The first-order chi connectivity index (χ1) is 11.4. The van der Waals surface area contributed by atoms with Crippen LogP contribution in [0.1, 0.15) is 6.42 Å². The Kier molecular flexibility index (Phi) is 5.69. The first-order valence-electron chi connectivity index (χ1n) is 7.52. The molecule has 0 saturated heterocycles. The number of ether oxygens (including phenoxy) is 1. The zero-order chi connectivity index (χ0) is 17.7. The third-order valence-corrected chi connectivity index (χ3v) is 3.48. The number of amides is 1. The Morgan fingerprint density at radius 2 is 2.21 bits per heavy atom. The van der Waals surface area contributed by atoms with Gasteiger partial charge >= 0.3 is 5.97 Å². The van der Waals surface area contributed by atoms with Gasteiger partial charge in [-0.1, -0.05) is 0 Å². The van der Waals surface area contributed by atoms with E-state index in [-0.39, 0.29) is 30.4 Å². The lowest BCUT2D eigenvalue weighted by molar-refractivity contribution is -0.384. The third-order valence-electron chi connectivity index (χ3n) is 3.48. The van der Waals surface area contributed by atoms with Crippen molar-refractivity contribution in [1.82, 2.24) is 10.2 Å². The zero-order valence-corrected chi connectivity index (χ0v) is 13.7. The highest BCUT2D eigenvalue weighted by Gasteiger charge is 2.27. The summed E-state index contributed by atoms with van der Waals surface area (Å²) in [5.74, 6) is -0.669. The second-order valence-corrected chi connectivity index (χ2v) is 5.75. The Morgan fingerprint density at radius 3 is 2.88 bits per heavy atom. The van der Waals surface area contributed by atoms with E-state index in [2.05, 4.69) is 5.32 Å². The summed E-state index contributed by atoms with van der Waals surface area (Å²) in [7, 11) is 3.91. The molecule has 1 aliphatic rings. The SMILES string of the molecule is CN(C)CCCNC(=O)CN1CC(=O)Oc2cc([N+](=O)[O-])ccc21. The maximum atomic E-state index is 12.0. The minimum absolute atomic E-state index is 0.0120. The Hall–Kier alpha value is -2.68. The maximum Gasteiger partial charge on any atom is 0.331 e. The second-order valence-electron chi connectivity index (χ2n) is 5.75. The number of nitrogens with zero attached hydrogens (tertiary/aromatic N) is 3. The summed E-state index contributed by atoms with van der Waals surface area (Å²) in [6.45, 7) is 1.32. The molecule has 1 aliphatic heterocycles. The van der Waals surface area contributed by atoms with Gasteiger partial charge in [-0.05, 0) is 33.1 Å². The predicted octanol–water partition coefficient (Wildman–Crippen LogP) is 0.388. The van der Waals surface area contributed by atoms with Crippen LogP contribution in [-0.2, 0) is 9.59 Å². The van der Waals surface area contributed by atoms with Gasteiger partial charge in [0.1, 0.15) is 6.54 Å². The zero-order valence-electron chi connectivity index (χ0n) is 13.7. The molecule has 9 nitrogen and oxygen atoms in total. The molecule has 0 aromatic heterocycles. The molecule has 1 aromatic rings. The van der Waals surface area contributed by atoms with E-state index in [1.165, 1.54) is 18.2 Å². The lowest BCUT2D eigenvalue weighted by Crippen LogP contribution is -2.43. The van der Waals surface area contributed by atoms with E-state index in [1.54, 1.807) is 4.90 Å². The van der Waals surface area contributed by atoms with Crippen LogP contribution in [-0.4, -0.2) is 62.0 Å². The normalized spacial score (nSPS) is 13.5. The maximum absolute atomic E-state index is 12.0. The third kappa shape index (κ3) is 4.66. The lowest BCUT2D eigenvalue weighted by Gasteiger charge is -2.29. The number of nitro benzene ring substituents is 1. The minimum atomic E-state index is -0.565. The van der Waals surface area contributed by atoms with Crippen molar-refractivity contribution in [2.24, 2.45) is 0 Å². The number of fused-ring (bicyclic) bond motifs is 1. The van der Waals surface area contributed by atoms with Gasteiger partial charge in [-0.15, -0.1) is 0 Å². The molecule has 0 atom stereocenters. The number of anilines is 1. The van der Waals surface area contributed by atoms with Crippen LogP contribution in [0.15, 0.2) is 18.2 Å². The highest BCUT2D eigenvalue weighted by atomic mass is 16.6. The second kappa shape index (κ2) is 7.73. The number of nitrogens with one attached hydrogen (secondary N) is 1. The first kappa shape index (κ1) is 17.7. The predicted molar refractivity (Wildman–Crippen MR) is 87.1 cm³/mol. The number of nitro groups is 1. The molecule has 0 saturated carbocycles. The van der Waals surface area contributed by atoms with Crippen LogP contribution in [0.5, 0.6) is 5.75 Å². The first-order valence-corrected chi connectivity index (χ1v) is 7.52. The van der Waals surface area contributed by atoms with Gasteiger partial charge in [-0.25, -0.2) is 4.79 Å². The number of hydrogen-bond acceptors (Lipinski definition) is 7. The van der Waals surface area contributed by atoms with Gasteiger partial charge in [0.2, 0.25) is 5.91 Å². The van der Waals surface area contributed by atoms with Gasteiger partial charge in [0.25, 0.3) is 5.69 Å². The molecule has 0 spiro atoms. The molecule has 1 N–H and O–H groups in total. The topological polar surface area (TPSA) is 105 Å². The van der Waals surface area contributed by atoms with Gasteiger partial charge in [-0.3, -0.25) is 14.9 Å². The number of non-ortho nitro benzene ring substituents is 1. The van der Waals surface area contributed by atoms with Crippen molar-refractivity contribution in [3.63, 3.8) is 0 Å². The molecule has 0 aliphatic carbocycles. The van der Waals surface area contributed by atoms with E-state index < -0.39 is 10.9 Å². The standard InChI is InChI=1S/C15H20N4O5/c1-17(2)7-3-6-16-14(20)9-18-10-15(21)24-13-8-11(19(22)23)4-5-12(13)18/h4-5,8H,3,6-7,9-10H2,1-2H3,(H,16,20). The molecular formula is C15H20N4O5. The number of rotatable bonds is 7. The minimum Gasteiger partial charge on any atom is -0.423 e. The van der Waals surface area contributed by atoms with Crippen molar-refractivity contribution >= 4 is 23.3 Å². The Balaban J connectivity index is 2.00. The van der Waals surface area contributed by atoms with E-state index in [1.807, 2.05) is 19.0 Å². The van der Waals surface area contributed by atoms with Crippen molar-refractivity contribution in [3.05, 3.63) is 28.3 Å². The monoisotopic (exact) mass is 336 g/mol. The average Bonchev–Trinajstić information content (AvgIpc) is 2.50. The van der Waals surface area contributed by atoms with Crippen molar-refractivity contribution < 1.29 is 19.2 Å². The fourth-order valence-electron chi connectivity index (χ4n) is 2.35. The summed E-state index contributed by atoms with van der Waals surface area (Å²) in [5.41, 5.74) is 0.320. The largest absolute Gasteiger partial charge is 0.423 e. The summed E-state index contributed by atoms with van der Waals surface area (Å²) in [5, 5.41) is 13.6. The summed E-state index contributed by atoms with van der Waals surface area (Å²) in [6.07, 6.45) is 0.823. The summed E-state index contributed by atoms with van der Waals surface area (Å²) in [4.78, 5) is 37.5. The summed E-state index contributed by atoms with van der Waals surface area (Å²) < 4.78 is 5.04. The molecule has 0 radical (unpaired) electrons. The molecule has 1 amide bonds. The summed E-state index contributed by atoms with van der Waals surface area (Å²) in [6, 6.07) is 3.99. The van der Waals surface area contributed by atoms with Crippen LogP contribution in [0.2, 0.25) is 0 Å². The quantitative estimate of drug-likeness (QED) is 0.252. The van der Waals surface area contributed by atoms with Crippen molar-refractivity contribution in [2.75, 3.05) is 45.2 Å². The number of hydrogen-bond donors (Lipinski definition) is 1. The molecule has 0 bridgehead atoms. The van der Waals surface area contributed by atoms with Crippen LogP contribution in [0, 0.1) is 10.1 Å². The fourth-order valence-corrected chi connectivity index (χ4v) is 2.35. The smallest absolute Gasteiger partial charge is 0.331 e. The number of benzene rings is 1. The van der Waals surface area contributed by atoms with Crippen LogP contribution >= 0.6 is 0 Å². The highest BCUT2D eigenvalue weighted by Crippen LogP contribution is 2.34. The van der Waals surface area contributed by atoms with Gasteiger partial charge < -0.3 is 19.9 Å². The number of esters is 1. The number of carbonyl (C=O) groups is 2. The highest BCUT2D eigenvalue weighted by molar-refractivity contribution is 5.89. The number of carbonyl (C=O) groups excluding carboxylic acids is 2. The molecule has 130 valence electrons. The van der Waals surface area contributed by atoms with Crippen molar-refractivity contribution in [3.8, 4) is 5.75 Å². The summed E-state index contributed by atoms with van der Waals surface area (Å²) >= 11 is 0. The van der Waals surface area contributed by atoms with Crippen LogP contribution in [0.4, 0.5) is 11.4 Å². The van der Waals surface area contributed by atoms with Gasteiger partial charge in [0.05, 0.1) is 23.2 Å². The lowest BCUT2D eigenvalue weighted by atomic mass is 10.2. The molecule has 0 unspecified atom stereocenters. The van der Waals surface area contributed by atoms with E-state index in [9.17, 15) is 19.7 Å². The molecule has 0 fully saturated rings. The Morgan fingerprint density at radius 1 is 1.46 bits per heavy atom. The van der Waals surface area contributed by atoms with Crippen molar-refractivity contribution in [1.29, 1.82) is 0 Å². The van der Waals surface area contributed by atoms with Gasteiger partial charge in [-0.2, -0.15) is 0 Å². The Labute approximate surface area is 139 Å². The molecule has 2 rings (SSSR count). The molecule has 9 heteroatoms. The van der Waals surface area contributed by atoms with Crippen molar-refractivity contribution in [2.45, 2.75) is 6.42 Å². The van der Waals surface area contributed by atoms with E-state index in [4.69, 9.17) is 4.74 Å². The molecule has 24 heavy (non-hydrogen) atoms. The van der Waals surface area contributed by atoms with Crippen LogP contribution in [0.3, 0.4) is 0 Å². The fraction of sp³-hybridized carbons (Fsp3) is 0.467. The average molecular weight is 336 g/mol.